The summed E-state index contributed by atoms with van der Waals surface area (Å²) in [5.74, 6) is 0.176. The Morgan fingerprint density at radius 1 is 1.30 bits per heavy atom. The molecule has 2 aromatic rings. The summed E-state index contributed by atoms with van der Waals surface area (Å²) in [4.78, 5) is 0. The minimum absolute atomic E-state index is 0.286. The molecule has 0 bridgehead atoms. The van der Waals surface area contributed by atoms with E-state index in [2.05, 4.69) is 15.9 Å². The van der Waals surface area contributed by atoms with Crippen molar-refractivity contribution in [2.75, 3.05) is 0 Å². The van der Waals surface area contributed by atoms with Crippen LogP contribution >= 0.6 is 15.9 Å². The van der Waals surface area contributed by atoms with Crippen LogP contribution in [-0.4, -0.2) is 5.11 Å². The van der Waals surface area contributed by atoms with Crippen LogP contribution in [0.3, 0.4) is 0 Å². The van der Waals surface area contributed by atoms with Crippen LogP contribution in [0, 0.1) is 17.1 Å². The van der Waals surface area contributed by atoms with Crippen LogP contribution in [0.25, 0.3) is 0 Å². The lowest BCUT2D eigenvalue weighted by molar-refractivity contribution is 0.195. The zero-order valence-electron chi connectivity index (χ0n) is 10.6. The highest BCUT2D eigenvalue weighted by Crippen LogP contribution is 2.32. The fourth-order valence-electron chi connectivity index (χ4n) is 1.75. The quantitative estimate of drug-likeness (QED) is 0.909. The minimum atomic E-state index is -0.755. The maximum atomic E-state index is 13.3. The van der Waals surface area contributed by atoms with Gasteiger partial charge in [0.25, 0.3) is 0 Å². The highest BCUT2D eigenvalue weighted by atomic mass is 79.9. The summed E-state index contributed by atoms with van der Waals surface area (Å²) >= 11 is 3.18. The molecule has 0 unspecified atom stereocenters. The molecule has 0 saturated carbocycles. The first-order chi connectivity index (χ1) is 9.49. The molecule has 2 rings (SSSR count). The molecular weight excluding hydrogens is 325 g/mol. The zero-order chi connectivity index (χ0) is 14.7. The van der Waals surface area contributed by atoms with Crippen LogP contribution < -0.4 is 4.74 Å². The van der Waals surface area contributed by atoms with Crippen molar-refractivity contribution in [3.05, 3.63) is 57.8 Å². The van der Waals surface area contributed by atoms with E-state index in [1.54, 1.807) is 25.1 Å². The molecule has 0 aliphatic heterocycles. The van der Waals surface area contributed by atoms with Crippen molar-refractivity contribution in [2.24, 2.45) is 0 Å². The van der Waals surface area contributed by atoms with E-state index < -0.39 is 11.9 Å². The van der Waals surface area contributed by atoms with E-state index in [1.807, 2.05) is 6.07 Å². The van der Waals surface area contributed by atoms with Gasteiger partial charge in [0.1, 0.15) is 17.3 Å². The molecular formula is C15H11BrFNO2. The molecule has 20 heavy (non-hydrogen) atoms. The van der Waals surface area contributed by atoms with Crippen LogP contribution in [-0.2, 0) is 0 Å². The molecule has 2 aromatic carbocycles. The molecule has 0 aromatic heterocycles. The summed E-state index contributed by atoms with van der Waals surface area (Å²) in [5, 5.41) is 18.6. The molecule has 0 radical (unpaired) electrons. The Bertz CT molecular complexity index is 660. The van der Waals surface area contributed by atoms with Crippen LogP contribution in [0.1, 0.15) is 24.2 Å². The predicted molar refractivity (Wildman–Crippen MR) is 76.0 cm³/mol. The van der Waals surface area contributed by atoms with Crippen molar-refractivity contribution >= 4 is 15.9 Å². The third-order valence-electron chi connectivity index (χ3n) is 2.66. The number of benzene rings is 2. The number of halogens is 2. The number of aliphatic hydroxyl groups is 1. The van der Waals surface area contributed by atoms with Gasteiger partial charge in [-0.05, 0) is 31.2 Å². The summed E-state index contributed by atoms with van der Waals surface area (Å²) in [6.45, 7) is 1.59. The highest BCUT2D eigenvalue weighted by Gasteiger charge is 2.12. The first-order valence-corrected chi connectivity index (χ1v) is 6.65. The number of hydrogen-bond donors (Lipinski definition) is 1. The van der Waals surface area contributed by atoms with E-state index in [4.69, 9.17) is 10.00 Å². The molecule has 3 nitrogen and oxygen atoms in total. The van der Waals surface area contributed by atoms with Crippen LogP contribution in [0.4, 0.5) is 4.39 Å². The summed E-state index contributed by atoms with van der Waals surface area (Å²) < 4.78 is 19.5. The molecule has 0 amide bonds. The molecule has 0 fully saturated rings. The van der Waals surface area contributed by atoms with Crippen molar-refractivity contribution in [3.8, 4) is 17.6 Å². The maximum absolute atomic E-state index is 13.3. The van der Waals surface area contributed by atoms with Gasteiger partial charge in [0.15, 0.2) is 0 Å². The Balaban J connectivity index is 2.43. The normalized spacial score (nSPS) is 11.8. The van der Waals surface area contributed by atoms with Crippen molar-refractivity contribution in [1.29, 1.82) is 5.26 Å². The summed E-state index contributed by atoms with van der Waals surface area (Å²) in [6, 6.07) is 10.9. The molecule has 0 heterocycles. The van der Waals surface area contributed by atoms with Gasteiger partial charge < -0.3 is 9.84 Å². The van der Waals surface area contributed by atoms with Gasteiger partial charge in [-0.2, -0.15) is 5.26 Å². The third kappa shape index (κ3) is 3.35. The van der Waals surface area contributed by atoms with Gasteiger partial charge in [-0.3, -0.25) is 0 Å². The van der Waals surface area contributed by atoms with E-state index >= 15 is 0 Å². The fourth-order valence-corrected chi connectivity index (χ4v) is 2.20. The lowest BCUT2D eigenvalue weighted by atomic mass is 10.1. The average molecular weight is 336 g/mol. The maximum Gasteiger partial charge on any atom is 0.134 e. The lowest BCUT2D eigenvalue weighted by Crippen LogP contribution is -1.97. The van der Waals surface area contributed by atoms with Crippen LogP contribution in [0.2, 0.25) is 0 Å². The molecule has 1 N–H and O–H groups in total. The Kier molecular flexibility index (Phi) is 4.38. The number of nitrogens with zero attached hydrogens (tertiary/aromatic N) is 1. The Morgan fingerprint density at radius 3 is 2.65 bits per heavy atom. The van der Waals surface area contributed by atoms with Gasteiger partial charge in [0.05, 0.1) is 17.7 Å². The monoisotopic (exact) mass is 335 g/mol. The van der Waals surface area contributed by atoms with E-state index in [0.29, 0.717) is 21.3 Å². The first-order valence-electron chi connectivity index (χ1n) is 5.85. The van der Waals surface area contributed by atoms with Crippen LogP contribution in [0.5, 0.6) is 11.5 Å². The lowest BCUT2D eigenvalue weighted by Gasteiger charge is -2.13. The van der Waals surface area contributed by atoms with E-state index in [0.717, 1.165) is 0 Å². The minimum Gasteiger partial charge on any atom is -0.457 e. The van der Waals surface area contributed by atoms with E-state index in [-0.39, 0.29) is 5.75 Å². The van der Waals surface area contributed by atoms with Crippen molar-refractivity contribution < 1.29 is 14.2 Å². The molecule has 0 aliphatic carbocycles. The Labute approximate surface area is 124 Å². The largest absolute Gasteiger partial charge is 0.457 e. The van der Waals surface area contributed by atoms with Crippen molar-refractivity contribution in [2.45, 2.75) is 13.0 Å². The molecule has 5 heteroatoms. The topological polar surface area (TPSA) is 53.2 Å². The first kappa shape index (κ1) is 14.5. The fraction of sp³-hybridized carbons (Fsp3) is 0.133. The van der Waals surface area contributed by atoms with Crippen LogP contribution in [0.15, 0.2) is 40.9 Å². The van der Waals surface area contributed by atoms with E-state index in [1.165, 1.54) is 18.2 Å². The number of ether oxygens (including phenoxy) is 1. The average Bonchev–Trinajstić information content (AvgIpc) is 2.37. The third-order valence-corrected chi connectivity index (χ3v) is 3.11. The van der Waals surface area contributed by atoms with Gasteiger partial charge in [0, 0.05) is 16.1 Å². The second kappa shape index (κ2) is 6.04. The number of hydrogen-bond acceptors (Lipinski definition) is 3. The highest BCUT2D eigenvalue weighted by molar-refractivity contribution is 9.10. The van der Waals surface area contributed by atoms with Gasteiger partial charge >= 0.3 is 0 Å². The zero-order valence-corrected chi connectivity index (χ0v) is 12.2. The standard InChI is InChI=1S/C15H11BrFNO2/c1-9(19)14-3-2-10(8-18)4-15(14)20-13-6-11(16)5-12(17)7-13/h2-7,9,19H,1H3/t9-/m0/s1. The molecule has 0 spiro atoms. The SMILES string of the molecule is C[C@H](O)c1ccc(C#N)cc1Oc1cc(F)cc(Br)c1. The smallest absolute Gasteiger partial charge is 0.134 e. The molecule has 102 valence electrons. The van der Waals surface area contributed by atoms with E-state index in [9.17, 15) is 9.50 Å². The van der Waals surface area contributed by atoms with Gasteiger partial charge in [-0.15, -0.1) is 0 Å². The molecule has 0 saturated heterocycles. The molecule has 0 aliphatic rings. The summed E-state index contributed by atoms with van der Waals surface area (Å²) in [7, 11) is 0. The van der Waals surface area contributed by atoms with Gasteiger partial charge in [0.2, 0.25) is 0 Å². The Morgan fingerprint density at radius 2 is 2.05 bits per heavy atom. The second-order valence-corrected chi connectivity index (χ2v) is 5.16. The van der Waals surface area contributed by atoms with Gasteiger partial charge in [-0.1, -0.05) is 22.0 Å². The molecule has 1 atom stereocenters. The van der Waals surface area contributed by atoms with Gasteiger partial charge in [-0.25, -0.2) is 4.39 Å². The second-order valence-electron chi connectivity index (χ2n) is 4.25. The van der Waals surface area contributed by atoms with Crippen molar-refractivity contribution in [1.82, 2.24) is 0 Å². The number of nitriles is 1. The summed E-state index contributed by atoms with van der Waals surface area (Å²) in [5.41, 5.74) is 0.934. The predicted octanol–water partition coefficient (Wildman–Crippen LogP) is 4.31. The summed E-state index contributed by atoms with van der Waals surface area (Å²) in [6.07, 6.45) is -0.755. The number of aliphatic hydroxyl groups excluding tert-OH is 1. The number of rotatable bonds is 3. The Hall–Kier alpha value is -1.90. The van der Waals surface area contributed by atoms with Crippen molar-refractivity contribution in [3.63, 3.8) is 0 Å².